The number of amides is 1. The second kappa shape index (κ2) is 5.56. The summed E-state index contributed by atoms with van der Waals surface area (Å²) in [5, 5.41) is 11.9. The lowest BCUT2D eigenvalue weighted by Gasteiger charge is -2.34. The predicted octanol–water partition coefficient (Wildman–Crippen LogP) is 2.60. The number of alkyl halides is 3. The third kappa shape index (κ3) is 5.67. The first-order valence-corrected chi connectivity index (χ1v) is 6.21. The molecule has 0 unspecified atom stereocenters. The van der Waals surface area contributed by atoms with E-state index in [9.17, 15) is 23.1 Å². The quantitative estimate of drug-likeness (QED) is 0.777. The van der Waals surface area contributed by atoms with Crippen molar-refractivity contribution in [2.24, 2.45) is 5.92 Å². The molecule has 4 nitrogen and oxygen atoms in total. The normalized spacial score (nSPS) is 28.9. The van der Waals surface area contributed by atoms with Gasteiger partial charge in [-0.2, -0.15) is 13.2 Å². The number of carbonyl (C=O) groups is 1. The van der Waals surface area contributed by atoms with Gasteiger partial charge >= 0.3 is 12.3 Å². The van der Waals surface area contributed by atoms with Crippen LogP contribution in [0.2, 0.25) is 0 Å². The van der Waals surface area contributed by atoms with E-state index in [2.05, 4.69) is 5.32 Å². The van der Waals surface area contributed by atoms with Crippen LogP contribution in [0.25, 0.3) is 0 Å². The molecule has 0 heterocycles. The van der Waals surface area contributed by atoms with Gasteiger partial charge in [-0.25, -0.2) is 4.79 Å². The first-order valence-electron chi connectivity index (χ1n) is 6.21. The third-order valence-electron chi connectivity index (χ3n) is 2.87. The zero-order valence-corrected chi connectivity index (χ0v) is 11.3. The number of halogens is 3. The van der Waals surface area contributed by atoms with Crippen molar-refractivity contribution in [3.05, 3.63) is 0 Å². The molecular weight excluding hydrogens is 263 g/mol. The minimum atomic E-state index is -4.35. The average molecular weight is 283 g/mol. The van der Waals surface area contributed by atoms with Crippen molar-refractivity contribution in [2.75, 3.05) is 0 Å². The van der Waals surface area contributed by atoms with Gasteiger partial charge < -0.3 is 15.2 Å². The molecule has 1 fully saturated rings. The first-order chi connectivity index (χ1) is 8.47. The lowest BCUT2D eigenvalue weighted by Crippen LogP contribution is -2.47. The van der Waals surface area contributed by atoms with Gasteiger partial charge in [0, 0.05) is 6.04 Å². The lowest BCUT2D eigenvalue weighted by atomic mass is 9.83. The fourth-order valence-corrected chi connectivity index (χ4v) is 2.15. The number of ether oxygens (including phenoxy) is 1. The molecule has 1 amide bonds. The smallest absolute Gasteiger partial charge is 0.407 e. The van der Waals surface area contributed by atoms with Gasteiger partial charge in [0.1, 0.15) is 5.60 Å². The number of alkyl carbamates (subject to hydrolysis) is 1. The van der Waals surface area contributed by atoms with Crippen molar-refractivity contribution in [1.29, 1.82) is 0 Å². The molecule has 0 aromatic heterocycles. The topological polar surface area (TPSA) is 58.6 Å². The van der Waals surface area contributed by atoms with Gasteiger partial charge in [-0.05, 0) is 40.0 Å². The highest BCUT2D eigenvalue weighted by atomic mass is 19.4. The fraction of sp³-hybridized carbons (Fsp3) is 0.917. The summed E-state index contributed by atoms with van der Waals surface area (Å²) in [5.74, 6) is -1.59. The van der Waals surface area contributed by atoms with Crippen LogP contribution in [-0.4, -0.2) is 35.1 Å². The minimum Gasteiger partial charge on any atom is -0.444 e. The van der Waals surface area contributed by atoms with Crippen LogP contribution in [0.4, 0.5) is 18.0 Å². The van der Waals surface area contributed by atoms with Crippen LogP contribution < -0.4 is 5.32 Å². The maximum Gasteiger partial charge on any atom is 0.407 e. The second-order valence-electron chi connectivity index (χ2n) is 5.94. The Morgan fingerprint density at radius 2 is 1.79 bits per heavy atom. The summed E-state index contributed by atoms with van der Waals surface area (Å²) in [7, 11) is 0. The summed E-state index contributed by atoms with van der Waals surface area (Å²) in [6.45, 7) is 5.00. The number of aliphatic hydroxyl groups is 1. The Balaban J connectivity index is 2.56. The molecule has 0 bridgehead atoms. The van der Waals surface area contributed by atoms with Gasteiger partial charge in [0.25, 0.3) is 0 Å². The van der Waals surface area contributed by atoms with E-state index in [0.29, 0.717) is 0 Å². The monoisotopic (exact) mass is 283 g/mol. The fourth-order valence-electron chi connectivity index (χ4n) is 2.15. The standard InChI is InChI=1S/C12H20F3NO3/c1-11(2,3)19-10(18)16-8-4-7(12(13,14)15)5-9(17)6-8/h7-9,17H,4-6H2,1-3H3,(H,16,18)/t7-,8+,9-/m0/s1. The molecule has 0 spiro atoms. The number of hydrogen-bond donors (Lipinski definition) is 2. The average Bonchev–Trinajstić information content (AvgIpc) is 2.11. The Bertz CT molecular complexity index is 325. The number of hydrogen-bond acceptors (Lipinski definition) is 3. The zero-order valence-electron chi connectivity index (χ0n) is 11.3. The molecule has 1 aliphatic rings. The molecule has 1 rings (SSSR count). The van der Waals surface area contributed by atoms with E-state index < -0.39 is 35.9 Å². The summed E-state index contributed by atoms with van der Waals surface area (Å²) in [4.78, 5) is 11.5. The Hall–Kier alpha value is -0.980. The largest absolute Gasteiger partial charge is 0.444 e. The molecule has 7 heteroatoms. The van der Waals surface area contributed by atoms with Gasteiger partial charge in [0.05, 0.1) is 12.0 Å². The maximum atomic E-state index is 12.6. The highest BCUT2D eigenvalue weighted by molar-refractivity contribution is 5.68. The summed E-state index contributed by atoms with van der Waals surface area (Å²) in [5.41, 5.74) is -0.708. The van der Waals surface area contributed by atoms with Crippen molar-refractivity contribution in [3.8, 4) is 0 Å². The van der Waals surface area contributed by atoms with E-state index in [0.717, 1.165) is 0 Å². The number of rotatable bonds is 1. The molecule has 3 atom stereocenters. The predicted molar refractivity (Wildman–Crippen MR) is 62.6 cm³/mol. The Morgan fingerprint density at radius 1 is 1.21 bits per heavy atom. The number of aliphatic hydroxyl groups excluding tert-OH is 1. The van der Waals surface area contributed by atoms with Crippen molar-refractivity contribution < 1.29 is 27.8 Å². The van der Waals surface area contributed by atoms with E-state index in [1.165, 1.54) is 0 Å². The van der Waals surface area contributed by atoms with Crippen LogP contribution >= 0.6 is 0 Å². The molecule has 1 aliphatic carbocycles. The van der Waals surface area contributed by atoms with E-state index in [1.807, 2.05) is 0 Å². The number of nitrogens with one attached hydrogen (secondary N) is 1. The Kier molecular flexibility index (Phi) is 4.71. The number of carbonyl (C=O) groups excluding carboxylic acids is 1. The summed E-state index contributed by atoms with van der Waals surface area (Å²) in [6, 6.07) is -0.717. The first kappa shape index (κ1) is 16.1. The summed E-state index contributed by atoms with van der Waals surface area (Å²) in [6.07, 6.45) is -6.58. The molecule has 2 N–H and O–H groups in total. The Morgan fingerprint density at radius 3 is 2.26 bits per heavy atom. The maximum absolute atomic E-state index is 12.6. The van der Waals surface area contributed by atoms with Crippen LogP contribution in [0.1, 0.15) is 40.0 Å². The van der Waals surface area contributed by atoms with Gasteiger partial charge in [0.15, 0.2) is 0 Å². The van der Waals surface area contributed by atoms with Gasteiger partial charge in [-0.1, -0.05) is 0 Å². The van der Waals surface area contributed by atoms with E-state index in [4.69, 9.17) is 4.74 Å². The van der Waals surface area contributed by atoms with Gasteiger partial charge in [0.2, 0.25) is 0 Å². The van der Waals surface area contributed by atoms with E-state index >= 15 is 0 Å². The van der Waals surface area contributed by atoms with Crippen molar-refractivity contribution >= 4 is 6.09 Å². The molecule has 19 heavy (non-hydrogen) atoms. The van der Waals surface area contributed by atoms with Crippen molar-refractivity contribution in [2.45, 2.75) is 64.0 Å². The van der Waals surface area contributed by atoms with E-state index in [-0.39, 0.29) is 19.3 Å². The highest BCUT2D eigenvalue weighted by Gasteiger charge is 2.45. The Labute approximate surface area is 110 Å². The molecular formula is C12H20F3NO3. The van der Waals surface area contributed by atoms with Crippen molar-refractivity contribution in [3.63, 3.8) is 0 Å². The van der Waals surface area contributed by atoms with Gasteiger partial charge in [-0.3, -0.25) is 0 Å². The van der Waals surface area contributed by atoms with E-state index in [1.54, 1.807) is 20.8 Å². The molecule has 0 radical (unpaired) electrons. The van der Waals surface area contributed by atoms with Crippen LogP contribution in [0, 0.1) is 5.92 Å². The van der Waals surface area contributed by atoms with Crippen LogP contribution in [0.3, 0.4) is 0 Å². The minimum absolute atomic E-state index is 0.117. The van der Waals surface area contributed by atoms with Crippen LogP contribution in [-0.2, 0) is 4.74 Å². The molecule has 0 aliphatic heterocycles. The molecule has 0 aromatic carbocycles. The molecule has 0 saturated heterocycles. The lowest BCUT2D eigenvalue weighted by molar-refractivity contribution is -0.191. The van der Waals surface area contributed by atoms with Crippen molar-refractivity contribution in [1.82, 2.24) is 5.32 Å². The zero-order chi connectivity index (χ0) is 14.8. The third-order valence-corrected chi connectivity index (χ3v) is 2.87. The molecule has 1 saturated carbocycles. The van der Waals surface area contributed by atoms with Crippen LogP contribution in [0.15, 0.2) is 0 Å². The summed E-state index contributed by atoms with van der Waals surface area (Å²) >= 11 is 0. The summed E-state index contributed by atoms with van der Waals surface area (Å²) < 4.78 is 42.9. The SMILES string of the molecule is CC(C)(C)OC(=O)N[C@H]1C[C@@H](O)C[C@@H](C(F)(F)F)C1. The van der Waals surface area contributed by atoms with Gasteiger partial charge in [-0.15, -0.1) is 0 Å². The molecule has 112 valence electrons. The molecule has 0 aromatic rings. The highest BCUT2D eigenvalue weighted by Crippen LogP contribution is 2.37. The van der Waals surface area contributed by atoms with Crippen LogP contribution in [0.5, 0.6) is 0 Å². The second-order valence-corrected chi connectivity index (χ2v) is 5.94.